The molecule has 0 aliphatic carbocycles. The summed E-state index contributed by atoms with van der Waals surface area (Å²) >= 11 is 1.79. The van der Waals surface area contributed by atoms with Gasteiger partial charge in [-0.25, -0.2) is 0 Å². The average Bonchev–Trinajstić information content (AvgIpc) is 2.69. The fraction of sp³-hybridized carbons (Fsp3) is 0.385. The molecule has 0 spiro atoms. The van der Waals surface area contributed by atoms with Gasteiger partial charge < -0.3 is 5.11 Å². The SMILES string of the molecule is CCC(O)CCc1csc2ccccc12. The molecule has 0 aliphatic rings. The highest BCUT2D eigenvalue weighted by Gasteiger charge is 2.06. The van der Waals surface area contributed by atoms with Crippen LogP contribution in [-0.2, 0) is 6.42 Å². The first-order valence-corrected chi connectivity index (χ1v) is 6.32. The first kappa shape index (κ1) is 10.7. The van der Waals surface area contributed by atoms with Crippen LogP contribution in [0.5, 0.6) is 0 Å². The van der Waals surface area contributed by atoms with E-state index in [4.69, 9.17) is 0 Å². The predicted octanol–water partition coefficient (Wildman–Crippen LogP) is 3.60. The average molecular weight is 220 g/mol. The van der Waals surface area contributed by atoms with E-state index in [0.29, 0.717) is 0 Å². The topological polar surface area (TPSA) is 20.2 Å². The van der Waals surface area contributed by atoms with Gasteiger partial charge in [-0.2, -0.15) is 0 Å². The summed E-state index contributed by atoms with van der Waals surface area (Å²) in [5.41, 5.74) is 1.38. The molecule has 2 rings (SSSR count). The maximum Gasteiger partial charge on any atom is 0.0540 e. The van der Waals surface area contributed by atoms with Gasteiger partial charge in [0.1, 0.15) is 0 Å². The van der Waals surface area contributed by atoms with Gasteiger partial charge in [0.2, 0.25) is 0 Å². The van der Waals surface area contributed by atoms with Gasteiger partial charge in [0.25, 0.3) is 0 Å². The smallest absolute Gasteiger partial charge is 0.0540 e. The minimum Gasteiger partial charge on any atom is -0.393 e. The number of aliphatic hydroxyl groups excluding tert-OH is 1. The fourth-order valence-corrected chi connectivity index (χ4v) is 2.75. The van der Waals surface area contributed by atoms with Crippen LogP contribution in [0.4, 0.5) is 0 Å². The molecular weight excluding hydrogens is 204 g/mol. The van der Waals surface area contributed by atoms with Crippen LogP contribution in [-0.4, -0.2) is 11.2 Å². The van der Waals surface area contributed by atoms with Crippen molar-refractivity contribution < 1.29 is 5.11 Å². The summed E-state index contributed by atoms with van der Waals surface area (Å²) < 4.78 is 1.35. The molecule has 0 radical (unpaired) electrons. The lowest BCUT2D eigenvalue weighted by atomic mass is 10.0. The van der Waals surface area contributed by atoms with Crippen molar-refractivity contribution >= 4 is 21.4 Å². The summed E-state index contributed by atoms with van der Waals surface area (Å²) in [5.74, 6) is 0. The Kier molecular flexibility index (Phi) is 3.39. The zero-order valence-corrected chi connectivity index (χ0v) is 9.76. The molecule has 1 aromatic carbocycles. The standard InChI is InChI=1S/C13H16OS/c1-2-11(14)8-7-10-9-15-13-6-4-3-5-12(10)13/h3-6,9,11,14H,2,7-8H2,1H3. The summed E-state index contributed by atoms with van der Waals surface area (Å²) in [6, 6.07) is 8.47. The zero-order chi connectivity index (χ0) is 10.7. The number of rotatable bonds is 4. The number of aliphatic hydroxyl groups is 1. The van der Waals surface area contributed by atoms with Crippen molar-refractivity contribution in [2.75, 3.05) is 0 Å². The Balaban J connectivity index is 2.14. The molecule has 0 amide bonds. The van der Waals surface area contributed by atoms with E-state index in [1.165, 1.54) is 15.6 Å². The van der Waals surface area contributed by atoms with Crippen molar-refractivity contribution in [2.45, 2.75) is 32.3 Å². The lowest BCUT2D eigenvalue weighted by Crippen LogP contribution is -2.05. The minimum atomic E-state index is -0.149. The predicted molar refractivity (Wildman–Crippen MR) is 66.4 cm³/mol. The third kappa shape index (κ3) is 2.39. The first-order valence-electron chi connectivity index (χ1n) is 5.44. The van der Waals surface area contributed by atoms with Crippen molar-refractivity contribution in [3.63, 3.8) is 0 Å². The molecule has 0 aliphatic heterocycles. The minimum absolute atomic E-state index is 0.149. The molecule has 0 bridgehead atoms. The van der Waals surface area contributed by atoms with E-state index in [0.717, 1.165) is 19.3 Å². The van der Waals surface area contributed by atoms with E-state index >= 15 is 0 Å². The van der Waals surface area contributed by atoms with Crippen molar-refractivity contribution in [3.8, 4) is 0 Å². The molecule has 1 unspecified atom stereocenters. The van der Waals surface area contributed by atoms with Crippen molar-refractivity contribution in [1.29, 1.82) is 0 Å². The van der Waals surface area contributed by atoms with Crippen LogP contribution in [0.2, 0.25) is 0 Å². The van der Waals surface area contributed by atoms with Gasteiger partial charge in [-0.1, -0.05) is 25.1 Å². The van der Waals surface area contributed by atoms with Crippen LogP contribution in [0.15, 0.2) is 29.6 Å². The molecule has 0 saturated carbocycles. The normalized spacial score (nSPS) is 13.2. The molecule has 2 aromatic rings. The van der Waals surface area contributed by atoms with Gasteiger partial charge in [-0.15, -0.1) is 11.3 Å². The third-order valence-electron chi connectivity index (χ3n) is 2.78. The molecule has 1 aromatic heterocycles. The number of hydrogen-bond donors (Lipinski definition) is 1. The highest BCUT2D eigenvalue weighted by atomic mass is 32.1. The molecule has 1 heterocycles. The van der Waals surface area contributed by atoms with E-state index in [9.17, 15) is 5.11 Å². The number of hydrogen-bond acceptors (Lipinski definition) is 2. The van der Waals surface area contributed by atoms with Gasteiger partial charge in [-0.3, -0.25) is 0 Å². The molecule has 1 nitrogen and oxygen atoms in total. The van der Waals surface area contributed by atoms with Crippen LogP contribution in [0.1, 0.15) is 25.3 Å². The van der Waals surface area contributed by atoms with Gasteiger partial charge in [0, 0.05) is 4.70 Å². The summed E-state index contributed by atoms with van der Waals surface area (Å²) in [4.78, 5) is 0. The van der Waals surface area contributed by atoms with Crippen molar-refractivity contribution in [2.24, 2.45) is 0 Å². The van der Waals surface area contributed by atoms with E-state index < -0.39 is 0 Å². The Hall–Kier alpha value is -0.860. The second-order valence-corrected chi connectivity index (χ2v) is 4.77. The van der Waals surface area contributed by atoms with E-state index in [1.807, 2.05) is 6.92 Å². The van der Waals surface area contributed by atoms with Crippen LogP contribution >= 0.6 is 11.3 Å². The van der Waals surface area contributed by atoms with Crippen LogP contribution in [0.3, 0.4) is 0 Å². The molecule has 15 heavy (non-hydrogen) atoms. The first-order chi connectivity index (χ1) is 7.31. The lowest BCUT2D eigenvalue weighted by molar-refractivity contribution is 0.161. The third-order valence-corrected chi connectivity index (χ3v) is 3.79. The van der Waals surface area contributed by atoms with Crippen LogP contribution < -0.4 is 0 Å². The summed E-state index contributed by atoms with van der Waals surface area (Å²) in [6.45, 7) is 2.02. The molecule has 0 saturated heterocycles. The quantitative estimate of drug-likeness (QED) is 0.834. The molecule has 1 atom stereocenters. The number of thiophene rings is 1. The molecule has 0 fully saturated rings. The Bertz CT molecular complexity index is 433. The Morgan fingerprint density at radius 1 is 1.33 bits per heavy atom. The molecular formula is C13H16OS. The summed E-state index contributed by atoms with van der Waals surface area (Å²) in [7, 11) is 0. The van der Waals surface area contributed by atoms with E-state index in [1.54, 1.807) is 11.3 Å². The van der Waals surface area contributed by atoms with Crippen molar-refractivity contribution in [3.05, 3.63) is 35.2 Å². The number of fused-ring (bicyclic) bond motifs is 1. The summed E-state index contributed by atoms with van der Waals surface area (Å²) in [5, 5.41) is 13.1. The zero-order valence-electron chi connectivity index (χ0n) is 8.94. The van der Waals surface area contributed by atoms with Gasteiger partial charge in [0.05, 0.1) is 6.10 Å². The molecule has 80 valence electrons. The van der Waals surface area contributed by atoms with Crippen LogP contribution in [0, 0.1) is 0 Å². The van der Waals surface area contributed by atoms with Crippen molar-refractivity contribution in [1.82, 2.24) is 0 Å². The molecule has 1 N–H and O–H groups in total. The van der Waals surface area contributed by atoms with E-state index in [-0.39, 0.29) is 6.10 Å². The highest BCUT2D eigenvalue weighted by molar-refractivity contribution is 7.17. The summed E-state index contributed by atoms with van der Waals surface area (Å²) in [6.07, 6.45) is 2.56. The Morgan fingerprint density at radius 3 is 2.93 bits per heavy atom. The highest BCUT2D eigenvalue weighted by Crippen LogP contribution is 2.26. The Morgan fingerprint density at radius 2 is 2.13 bits per heavy atom. The monoisotopic (exact) mass is 220 g/mol. The second kappa shape index (κ2) is 4.77. The maximum atomic E-state index is 9.53. The molecule has 2 heteroatoms. The van der Waals surface area contributed by atoms with E-state index in [2.05, 4.69) is 29.6 Å². The second-order valence-electron chi connectivity index (χ2n) is 3.86. The number of aryl methyl sites for hydroxylation is 1. The van der Waals surface area contributed by atoms with Gasteiger partial charge in [-0.05, 0) is 41.7 Å². The number of benzene rings is 1. The maximum absolute atomic E-state index is 9.53. The lowest BCUT2D eigenvalue weighted by Gasteiger charge is -2.06. The largest absolute Gasteiger partial charge is 0.393 e. The fourth-order valence-electron chi connectivity index (χ4n) is 1.75. The van der Waals surface area contributed by atoms with Crippen LogP contribution in [0.25, 0.3) is 10.1 Å². The van der Waals surface area contributed by atoms with Gasteiger partial charge in [0.15, 0.2) is 0 Å². The van der Waals surface area contributed by atoms with Gasteiger partial charge >= 0.3 is 0 Å². The Labute approximate surface area is 94.4 Å².